The third-order valence-corrected chi connectivity index (χ3v) is 3.65. The summed E-state index contributed by atoms with van der Waals surface area (Å²) in [4.78, 5) is 2.12. The van der Waals surface area contributed by atoms with Crippen LogP contribution in [0, 0.1) is 13.8 Å². The van der Waals surface area contributed by atoms with E-state index in [0.717, 1.165) is 35.7 Å². The van der Waals surface area contributed by atoms with Crippen LogP contribution in [0.2, 0.25) is 0 Å². The van der Waals surface area contributed by atoms with Crippen LogP contribution in [0.25, 0.3) is 0 Å². The first-order chi connectivity index (χ1) is 9.45. The quantitative estimate of drug-likeness (QED) is 0.928. The van der Waals surface area contributed by atoms with E-state index in [1.165, 1.54) is 11.1 Å². The Labute approximate surface area is 121 Å². The van der Waals surface area contributed by atoms with Gasteiger partial charge in [-0.2, -0.15) is 5.10 Å². The summed E-state index contributed by atoms with van der Waals surface area (Å²) < 4.78 is 1.87. The second-order valence-corrected chi connectivity index (χ2v) is 5.41. The van der Waals surface area contributed by atoms with E-state index in [1.807, 2.05) is 18.8 Å². The summed E-state index contributed by atoms with van der Waals surface area (Å²) >= 11 is 0. The number of aryl methyl sites for hydroxylation is 4. The highest BCUT2D eigenvalue weighted by Crippen LogP contribution is 2.33. The minimum absolute atomic E-state index is 0.789. The fraction of sp³-hybridized carbons (Fsp3) is 0.438. The van der Waals surface area contributed by atoms with Crippen LogP contribution in [-0.4, -0.2) is 16.8 Å². The summed E-state index contributed by atoms with van der Waals surface area (Å²) in [7, 11) is 3.99. The molecule has 1 aromatic heterocycles. The van der Waals surface area contributed by atoms with Crippen molar-refractivity contribution in [3.05, 3.63) is 35.0 Å². The van der Waals surface area contributed by atoms with Crippen LogP contribution >= 0.6 is 0 Å². The van der Waals surface area contributed by atoms with Crippen LogP contribution in [-0.2, 0) is 13.5 Å². The largest absolute Gasteiger partial charge is 0.394 e. The van der Waals surface area contributed by atoms with Gasteiger partial charge in [0.15, 0.2) is 5.82 Å². The highest BCUT2D eigenvalue weighted by molar-refractivity contribution is 5.74. The summed E-state index contributed by atoms with van der Waals surface area (Å²) in [6.45, 7) is 6.37. The number of rotatable bonds is 4. The van der Waals surface area contributed by atoms with Gasteiger partial charge < -0.3 is 10.6 Å². The second-order valence-electron chi connectivity index (χ2n) is 5.41. The molecule has 2 aromatic rings. The van der Waals surface area contributed by atoms with Gasteiger partial charge >= 0.3 is 0 Å². The molecule has 2 rings (SSSR count). The Hall–Kier alpha value is -1.97. The molecule has 0 amide bonds. The van der Waals surface area contributed by atoms with Gasteiger partial charge in [-0.1, -0.05) is 31.0 Å². The maximum atomic E-state index is 6.28. The summed E-state index contributed by atoms with van der Waals surface area (Å²) in [5.74, 6) is 0.959. The SMILES string of the molecule is CCCc1nn(C)c(N(C)c2ccc(C)cc2C)c1N. The summed E-state index contributed by atoms with van der Waals surface area (Å²) in [5.41, 5.74) is 11.7. The first-order valence-corrected chi connectivity index (χ1v) is 7.08. The topological polar surface area (TPSA) is 47.1 Å². The third kappa shape index (κ3) is 2.50. The molecule has 0 unspecified atom stereocenters. The van der Waals surface area contributed by atoms with Crippen molar-refractivity contribution >= 4 is 17.2 Å². The van der Waals surface area contributed by atoms with E-state index in [4.69, 9.17) is 5.73 Å². The van der Waals surface area contributed by atoms with Crippen molar-refractivity contribution in [2.45, 2.75) is 33.6 Å². The van der Waals surface area contributed by atoms with Crippen molar-refractivity contribution < 1.29 is 0 Å². The van der Waals surface area contributed by atoms with Crippen LogP contribution in [0.4, 0.5) is 17.2 Å². The number of anilines is 3. The molecule has 0 saturated heterocycles. The van der Waals surface area contributed by atoms with Crippen molar-refractivity contribution in [1.29, 1.82) is 0 Å². The van der Waals surface area contributed by atoms with E-state index in [0.29, 0.717) is 0 Å². The molecule has 4 heteroatoms. The molecule has 20 heavy (non-hydrogen) atoms. The number of hydrogen-bond acceptors (Lipinski definition) is 3. The van der Waals surface area contributed by atoms with Crippen LogP contribution in [0.5, 0.6) is 0 Å². The van der Waals surface area contributed by atoms with Crippen LogP contribution < -0.4 is 10.6 Å². The molecule has 0 saturated carbocycles. The lowest BCUT2D eigenvalue weighted by Gasteiger charge is -2.22. The van der Waals surface area contributed by atoms with Gasteiger partial charge in [0, 0.05) is 19.8 Å². The summed E-state index contributed by atoms with van der Waals surface area (Å²) in [6.07, 6.45) is 1.97. The molecular formula is C16H24N4. The Balaban J connectivity index is 2.45. The Morgan fingerprint density at radius 1 is 1.30 bits per heavy atom. The molecule has 0 bridgehead atoms. The summed E-state index contributed by atoms with van der Waals surface area (Å²) in [6, 6.07) is 6.44. The smallest absolute Gasteiger partial charge is 0.154 e. The van der Waals surface area contributed by atoms with E-state index in [9.17, 15) is 0 Å². The average molecular weight is 272 g/mol. The molecule has 0 spiro atoms. The zero-order valence-corrected chi connectivity index (χ0v) is 13.1. The lowest BCUT2D eigenvalue weighted by atomic mass is 10.1. The van der Waals surface area contributed by atoms with E-state index < -0.39 is 0 Å². The fourth-order valence-electron chi connectivity index (χ4n) is 2.70. The molecule has 4 nitrogen and oxygen atoms in total. The van der Waals surface area contributed by atoms with Gasteiger partial charge in [0.2, 0.25) is 0 Å². The van der Waals surface area contributed by atoms with Crippen LogP contribution in [0.3, 0.4) is 0 Å². The van der Waals surface area contributed by atoms with E-state index >= 15 is 0 Å². The minimum atomic E-state index is 0.789. The van der Waals surface area contributed by atoms with Crippen molar-refractivity contribution in [1.82, 2.24) is 9.78 Å². The Morgan fingerprint density at radius 3 is 2.60 bits per heavy atom. The normalized spacial score (nSPS) is 10.8. The Bertz CT molecular complexity index is 613. The molecule has 0 atom stereocenters. The highest BCUT2D eigenvalue weighted by Gasteiger charge is 2.18. The van der Waals surface area contributed by atoms with Gasteiger partial charge in [0.1, 0.15) is 0 Å². The lowest BCUT2D eigenvalue weighted by Crippen LogP contribution is -2.16. The zero-order valence-electron chi connectivity index (χ0n) is 13.1. The number of nitrogens with two attached hydrogens (primary N) is 1. The fourth-order valence-corrected chi connectivity index (χ4v) is 2.70. The Morgan fingerprint density at radius 2 is 2.00 bits per heavy atom. The average Bonchev–Trinajstić information content (AvgIpc) is 2.64. The van der Waals surface area contributed by atoms with Crippen LogP contribution in [0.15, 0.2) is 18.2 Å². The van der Waals surface area contributed by atoms with Crippen molar-refractivity contribution in [3.63, 3.8) is 0 Å². The molecule has 0 aliphatic carbocycles. The predicted octanol–water partition coefficient (Wildman–Crippen LogP) is 3.34. The molecule has 0 radical (unpaired) electrons. The zero-order chi connectivity index (χ0) is 14.9. The number of hydrogen-bond donors (Lipinski definition) is 1. The number of benzene rings is 1. The van der Waals surface area contributed by atoms with Crippen LogP contribution in [0.1, 0.15) is 30.2 Å². The number of nitrogens with zero attached hydrogens (tertiary/aromatic N) is 3. The minimum Gasteiger partial charge on any atom is -0.394 e. The van der Waals surface area contributed by atoms with E-state index in [-0.39, 0.29) is 0 Å². The first kappa shape index (κ1) is 14.4. The molecular weight excluding hydrogens is 248 g/mol. The van der Waals surface area contributed by atoms with Gasteiger partial charge in [-0.25, -0.2) is 0 Å². The van der Waals surface area contributed by atoms with Gasteiger partial charge in [0.25, 0.3) is 0 Å². The molecule has 2 N–H and O–H groups in total. The molecule has 0 aliphatic rings. The van der Waals surface area contributed by atoms with Gasteiger partial charge in [-0.05, 0) is 31.9 Å². The molecule has 108 valence electrons. The van der Waals surface area contributed by atoms with Crippen molar-refractivity contribution in [2.75, 3.05) is 17.7 Å². The van der Waals surface area contributed by atoms with Crippen molar-refractivity contribution in [2.24, 2.45) is 7.05 Å². The van der Waals surface area contributed by atoms with Gasteiger partial charge in [-0.3, -0.25) is 4.68 Å². The maximum absolute atomic E-state index is 6.28. The third-order valence-electron chi connectivity index (χ3n) is 3.65. The first-order valence-electron chi connectivity index (χ1n) is 7.08. The predicted molar refractivity (Wildman–Crippen MR) is 85.6 cm³/mol. The van der Waals surface area contributed by atoms with Gasteiger partial charge in [-0.15, -0.1) is 0 Å². The lowest BCUT2D eigenvalue weighted by molar-refractivity contribution is 0.729. The number of aromatic nitrogens is 2. The number of nitrogen functional groups attached to an aromatic ring is 1. The van der Waals surface area contributed by atoms with Gasteiger partial charge in [0.05, 0.1) is 11.4 Å². The Kier molecular flexibility index (Phi) is 4.02. The maximum Gasteiger partial charge on any atom is 0.154 e. The van der Waals surface area contributed by atoms with E-state index in [1.54, 1.807) is 0 Å². The standard InChI is InChI=1S/C16H24N4/c1-6-7-13-15(17)16(20(5)18-13)19(4)14-9-8-11(2)10-12(14)3/h8-10H,6-7,17H2,1-5H3. The van der Waals surface area contributed by atoms with E-state index in [2.05, 4.69) is 49.0 Å². The summed E-state index contributed by atoms with van der Waals surface area (Å²) in [5, 5.41) is 4.54. The molecule has 1 heterocycles. The highest BCUT2D eigenvalue weighted by atomic mass is 15.4. The molecule has 0 fully saturated rings. The molecule has 0 aliphatic heterocycles. The van der Waals surface area contributed by atoms with Crippen molar-refractivity contribution in [3.8, 4) is 0 Å². The second kappa shape index (κ2) is 5.57. The molecule has 1 aromatic carbocycles. The monoisotopic (exact) mass is 272 g/mol.